The molecule has 21 heavy (non-hydrogen) atoms. The molecule has 0 amide bonds. The van der Waals surface area contributed by atoms with Crippen LogP contribution in [0.25, 0.3) is 0 Å². The summed E-state index contributed by atoms with van der Waals surface area (Å²) in [6.07, 6.45) is 3.00. The zero-order valence-corrected chi connectivity index (χ0v) is 13.5. The number of aliphatic hydroxyl groups is 1. The summed E-state index contributed by atoms with van der Waals surface area (Å²) >= 11 is 0. The molecule has 4 heteroatoms. The number of hydrogen-bond acceptors (Lipinski definition) is 4. The van der Waals surface area contributed by atoms with E-state index in [2.05, 4.69) is 18.7 Å². The molecule has 0 aromatic heterocycles. The van der Waals surface area contributed by atoms with E-state index in [1.807, 2.05) is 18.2 Å². The standard InChI is InChI=1S/C17H27NO3/c1-5-13-7-6-12(2)18(13)11-16(19)15-10-14(20-3)8-9-17(15)21-4/h8-10,12-13,16,19H,5-7,11H2,1-4H3. The Labute approximate surface area is 127 Å². The van der Waals surface area contributed by atoms with Gasteiger partial charge in [-0.2, -0.15) is 0 Å². The molecule has 1 aliphatic heterocycles. The highest BCUT2D eigenvalue weighted by Crippen LogP contribution is 2.33. The molecule has 1 heterocycles. The van der Waals surface area contributed by atoms with Crippen LogP contribution in [-0.4, -0.2) is 42.9 Å². The fourth-order valence-corrected chi connectivity index (χ4v) is 3.29. The second-order valence-electron chi connectivity index (χ2n) is 5.81. The highest BCUT2D eigenvalue weighted by molar-refractivity contribution is 5.41. The van der Waals surface area contributed by atoms with Crippen LogP contribution < -0.4 is 9.47 Å². The van der Waals surface area contributed by atoms with Crippen LogP contribution in [0, 0.1) is 0 Å². The highest BCUT2D eigenvalue weighted by atomic mass is 16.5. The molecule has 3 atom stereocenters. The summed E-state index contributed by atoms with van der Waals surface area (Å²) in [5.74, 6) is 1.45. The van der Waals surface area contributed by atoms with Crippen LogP contribution in [0.5, 0.6) is 11.5 Å². The first-order valence-electron chi connectivity index (χ1n) is 7.76. The molecule has 1 fully saturated rings. The maximum Gasteiger partial charge on any atom is 0.124 e. The van der Waals surface area contributed by atoms with E-state index < -0.39 is 6.10 Å². The summed E-state index contributed by atoms with van der Waals surface area (Å²) in [4.78, 5) is 2.42. The van der Waals surface area contributed by atoms with Crippen molar-refractivity contribution in [2.24, 2.45) is 0 Å². The van der Waals surface area contributed by atoms with Crippen molar-refractivity contribution >= 4 is 0 Å². The molecule has 1 aliphatic rings. The SMILES string of the molecule is CCC1CCC(C)N1CC(O)c1cc(OC)ccc1OC. The lowest BCUT2D eigenvalue weighted by Gasteiger charge is -2.30. The van der Waals surface area contributed by atoms with Crippen molar-refractivity contribution in [1.29, 1.82) is 0 Å². The molecule has 0 saturated carbocycles. The summed E-state index contributed by atoms with van der Waals surface area (Å²) in [5, 5.41) is 10.7. The quantitative estimate of drug-likeness (QED) is 0.875. The van der Waals surface area contributed by atoms with Gasteiger partial charge in [0.1, 0.15) is 11.5 Å². The first-order valence-corrected chi connectivity index (χ1v) is 7.76. The van der Waals surface area contributed by atoms with E-state index in [1.54, 1.807) is 14.2 Å². The maximum absolute atomic E-state index is 10.7. The van der Waals surface area contributed by atoms with E-state index in [-0.39, 0.29) is 0 Å². The Morgan fingerprint density at radius 3 is 2.67 bits per heavy atom. The Morgan fingerprint density at radius 1 is 1.29 bits per heavy atom. The maximum atomic E-state index is 10.7. The van der Waals surface area contributed by atoms with E-state index in [9.17, 15) is 5.11 Å². The van der Waals surface area contributed by atoms with Gasteiger partial charge in [-0.25, -0.2) is 0 Å². The lowest BCUT2D eigenvalue weighted by atomic mass is 10.1. The van der Waals surface area contributed by atoms with Crippen molar-refractivity contribution < 1.29 is 14.6 Å². The number of nitrogens with zero attached hydrogens (tertiary/aromatic N) is 1. The van der Waals surface area contributed by atoms with Crippen molar-refractivity contribution in [3.8, 4) is 11.5 Å². The molecule has 0 bridgehead atoms. The van der Waals surface area contributed by atoms with Crippen LogP contribution in [0.4, 0.5) is 0 Å². The van der Waals surface area contributed by atoms with E-state index in [0.29, 0.717) is 24.4 Å². The van der Waals surface area contributed by atoms with Gasteiger partial charge >= 0.3 is 0 Å². The normalized spacial score (nSPS) is 24.0. The molecular formula is C17H27NO3. The molecule has 0 spiro atoms. The minimum atomic E-state index is -0.565. The first kappa shape index (κ1) is 16.1. The zero-order valence-electron chi connectivity index (χ0n) is 13.5. The molecule has 0 radical (unpaired) electrons. The lowest BCUT2D eigenvalue weighted by Crippen LogP contribution is -2.37. The summed E-state index contributed by atoms with van der Waals surface area (Å²) in [6, 6.07) is 6.67. The zero-order chi connectivity index (χ0) is 15.4. The van der Waals surface area contributed by atoms with Crippen molar-refractivity contribution in [2.45, 2.75) is 51.3 Å². The van der Waals surface area contributed by atoms with Crippen LogP contribution in [-0.2, 0) is 0 Å². The third-order valence-corrected chi connectivity index (χ3v) is 4.60. The number of aliphatic hydroxyl groups excluding tert-OH is 1. The average molecular weight is 293 g/mol. The first-order chi connectivity index (χ1) is 10.1. The number of ether oxygens (including phenoxy) is 2. The van der Waals surface area contributed by atoms with Gasteiger partial charge in [0.25, 0.3) is 0 Å². The van der Waals surface area contributed by atoms with Gasteiger partial charge in [0, 0.05) is 24.2 Å². The van der Waals surface area contributed by atoms with Gasteiger partial charge in [-0.05, 0) is 44.4 Å². The van der Waals surface area contributed by atoms with Gasteiger partial charge in [-0.3, -0.25) is 4.90 Å². The third-order valence-electron chi connectivity index (χ3n) is 4.60. The fraction of sp³-hybridized carbons (Fsp3) is 0.647. The fourth-order valence-electron chi connectivity index (χ4n) is 3.29. The monoisotopic (exact) mass is 293 g/mol. The van der Waals surface area contributed by atoms with Crippen LogP contribution in [0.2, 0.25) is 0 Å². The summed E-state index contributed by atoms with van der Waals surface area (Å²) in [5.41, 5.74) is 0.797. The number of likely N-dealkylation sites (tertiary alicyclic amines) is 1. The Bertz CT molecular complexity index is 463. The minimum absolute atomic E-state index is 0.529. The lowest BCUT2D eigenvalue weighted by molar-refractivity contribution is 0.0841. The van der Waals surface area contributed by atoms with Gasteiger partial charge in [-0.1, -0.05) is 6.92 Å². The number of β-amino-alcohol motifs (C(OH)–C–C–N with tert-alkyl or cyclic N) is 1. The summed E-state index contributed by atoms with van der Waals surface area (Å²) < 4.78 is 10.6. The van der Waals surface area contributed by atoms with Crippen LogP contribution in [0.3, 0.4) is 0 Å². The topological polar surface area (TPSA) is 41.9 Å². The predicted molar refractivity (Wildman–Crippen MR) is 84.0 cm³/mol. The molecule has 1 saturated heterocycles. The summed E-state index contributed by atoms with van der Waals surface area (Å²) in [6.45, 7) is 5.10. The molecular weight excluding hydrogens is 266 g/mol. The van der Waals surface area contributed by atoms with Gasteiger partial charge in [0.15, 0.2) is 0 Å². The smallest absolute Gasteiger partial charge is 0.124 e. The average Bonchev–Trinajstić information content (AvgIpc) is 2.86. The van der Waals surface area contributed by atoms with Gasteiger partial charge in [0.2, 0.25) is 0 Å². The van der Waals surface area contributed by atoms with Crippen molar-refractivity contribution in [3.05, 3.63) is 23.8 Å². The molecule has 1 aromatic rings. The molecule has 2 rings (SSSR count). The minimum Gasteiger partial charge on any atom is -0.497 e. The largest absolute Gasteiger partial charge is 0.497 e. The Hall–Kier alpha value is -1.26. The molecule has 1 aromatic carbocycles. The second kappa shape index (κ2) is 7.14. The molecule has 4 nitrogen and oxygen atoms in total. The highest BCUT2D eigenvalue weighted by Gasteiger charge is 2.31. The predicted octanol–water partition coefficient (Wildman–Crippen LogP) is 3.00. The van der Waals surface area contributed by atoms with Crippen LogP contribution in [0.15, 0.2) is 18.2 Å². The van der Waals surface area contributed by atoms with Gasteiger partial charge in [0.05, 0.1) is 20.3 Å². The number of benzene rings is 1. The Kier molecular flexibility index (Phi) is 5.48. The van der Waals surface area contributed by atoms with Gasteiger partial charge < -0.3 is 14.6 Å². The Balaban J connectivity index is 2.17. The molecule has 0 aliphatic carbocycles. The summed E-state index contributed by atoms with van der Waals surface area (Å²) in [7, 11) is 3.26. The van der Waals surface area contributed by atoms with Crippen molar-refractivity contribution in [1.82, 2.24) is 4.90 Å². The molecule has 1 N–H and O–H groups in total. The van der Waals surface area contributed by atoms with Crippen molar-refractivity contribution in [3.63, 3.8) is 0 Å². The third kappa shape index (κ3) is 3.50. The van der Waals surface area contributed by atoms with Crippen molar-refractivity contribution in [2.75, 3.05) is 20.8 Å². The Morgan fingerprint density at radius 2 is 2.05 bits per heavy atom. The number of rotatable bonds is 6. The van der Waals surface area contributed by atoms with E-state index >= 15 is 0 Å². The molecule has 118 valence electrons. The van der Waals surface area contributed by atoms with E-state index in [0.717, 1.165) is 17.7 Å². The van der Waals surface area contributed by atoms with E-state index in [1.165, 1.54) is 12.8 Å². The van der Waals surface area contributed by atoms with Crippen LogP contribution in [0.1, 0.15) is 44.8 Å². The van der Waals surface area contributed by atoms with Gasteiger partial charge in [-0.15, -0.1) is 0 Å². The van der Waals surface area contributed by atoms with Crippen LogP contribution >= 0.6 is 0 Å². The molecule has 3 unspecified atom stereocenters. The number of hydrogen-bond donors (Lipinski definition) is 1. The second-order valence-corrected chi connectivity index (χ2v) is 5.81. The number of methoxy groups -OCH3 is 2. The van der Waals surface area contributed by atoms with E-state index in [4.69, 9.17) is 9.47 Å².